The van der Waals surface area contributed by atoms with Gasteiger partial charge < -0.3 is 11.1 Å². The van der Waals surface area contributed by atoms with Crippen molar-refractivity contribution in [2.75, 3.05) is 24.2 Å². The Bertz CT molecular complexity index is 981. The first-order valence-corrected chi connectivity index (χ1v) is 14.3. The van der Waals surface area contributed by atoms with E-state index in [-0.39, 0.29) is 12.3 Å². The number of nitrogens with two attached hydrogens (primary N) is 1. The Morgan fingerprint density at radius 1 is 1.03 bits per heavy atom. The van der Waals surface area contributed by atoms with E-state index in [1.165, 1.54) is 23.7 Å². The topological polar surface area (TPSA) is 110 Å². The van der Waals surface area contributed by atoms with Crippen molar-refractivity contribution in [3.63, 3.8) is 0 Å². The lowest BCUT2D eigenvalue weighted by atomic mass is 9.90. The second-order valence-corrected chi connectivity index (χ2v) is 11.1. The van der Waals surface area contributed by atoms with Crippen LogP contribution < -0.4 is 11.1 Å². The Balaban J connectivity index is 1.41. The minimum Gasteiger partial charge on any atom is -0.370 e. The van der Waals surface area contributed by atoms with E-state index in [0.717, 1.165) is 43.4 Å². The number of nitrogens with zero attached hydrogens (tertiary/aromatic N) is 3. The average Bonchev–Trinajstić information content (AvgIpc) is 2.87. The van der Waals surface area contributed by atoms with Crippen LogP contribution in [0, 0.1) is 5.92 Å². The maximum Gasteiger partial charge on any atom is 0.236 e. The van der Waals surface area contributed by atoms with Crippen molar-refractivity contribution in [2.45, 2.75) is 64.3 Å². The number of pyridine rings is 1. The molecular weight excluding hydrogens is 462 g/mol. The molecule has 2 aromatic rings. The van der Waals surface area contributed by atoms with Crippen molar-refractivity contribution in [3.05, 3.63) is 60.4 Å². The van der Waals surface area contributed by atoms with Gasteiger partial charge in [-0.25, -0.2) is 8.42 Å². The number of anilines is 1. The predicted molar refractivity (Wildman–Crippen MR) is 141 cm³/mol. The number of hydrogen-bond acceptors (Lipinski definition) is 5. The molecule has 0 saturated heterocycles. The zero-order valence-electron chi connectivity index (χ0n) is 20.5. The molecular formula is C26H39N5O3S. The minimum atomic E-state index is -3.51. The van der Waals surface area contributed by atoms with E-state index in [1.54, 1.807) is 12.4 Å². The molecule has 0 amide bonds. The summed E-state index contributed by atoms with van der Waals surface area (Å²) in [5.41, 5.74) is 7.67. The van der Waals surface area contributed by atoms with Gasteiger partial charge in [-0.3, -0.25) is 14.8 Å². The lowest BCUT2D eigenvalue weighted by molar-refractivity contribution is -0.108. The van der Waals surface area contributed by atoms with Crippen LogP contribution in [0.1, 0.15) is 63.4 Å². The third-order valence-electron chi connectivity index (χ3n) is 6.19. The Morgan fingerprint density at radius 3 is 2.49 bits per heavy atom. The molecule has 0 unspecified atom stereocenters. The molecule has 0 aliphatic heterocycles. The van der Waals surface area contributed by atoms with Crippen LogP contribution in [-0.2, 0) is 21.4 Å². The second-order valence-electron chi connectivity index (χ2n) is 9.10. The number of benzene rings is 1. The number of hydroxylamine groups is 1. The van der Waals surface area contributed by atoms with Gasteiger partial charge in [0, 0.05) is 24.6 Å². The molecule has 1 fully saturated rings. The SMILES string of the molecule is NC(=NCCCCCCS(=O)(=O)N(Cc1ccccc1)OCC1CCCCC1)Nc1ccncc1. The van der Waals surface area contributed by atoms with Crippen LogP contribution in [0.3, 0.4) is 0 Å². The molecule has 8 nitrogen and oxygen atoms in total. The number of rotatable bonds is 14. The quantitative estimate of drug-likeness (QED) is 0.168. The Hall–Kier alpha value is -2.49. The highest BCUT2D eigenvalue weighted by molar-refractivity contribution is 7.88. The maximum absolute atomic E-state index is 13.1. The molecule has 0 radical (unpaired) electrons. The second kappa shape index (κ2) is 14.8. The van der Waals surface area contributed by atoms with Gasteiger partial charge in [-0.15, -0.1) is 0 Å². The van der Waals surface area contributed by atoms with Crippen LogP contribution in [0.2, 0.25) is 0 Å². The molecule has 35 heavy (non-hydrogen) atoms. The van der Waals surface area contributed by atoms with Crippen molar-refractivity contribution >= 4 is 21.7 Å². The summed E-state index contributed by atoms with van der Waals surface area (Å²) in [6.45, 7) is 1.31. The normalized spacial score (nSPS) is 15.4. The van der Waals surface area contributed by atoms with Crippen LogP contribution in [0.25, 0.3) is 0 Å². The summed E-state index contributed by atoms with van der Waals surface area (Å²) in [6.07, 6.45) is 12.4. The maximum atomic E-state index is 13.1. The highest BCUT2D eigenvalue weighted by Crippen LogP contribution is 2.25. The Kier molecular flexibility index (Phi) is 11.5. The molecule has 1 aromatic carbocycles. The molecule has 9 heteroatoms. The van der Waals surface area contributed by atoms with Crippen molar-refractivity contribution in [1.82, 2.24) is 9.45 Å². The van der Waals surface area contributed by atoms with E-state index in [2.05, 4.69) is 15.3 Å². The number of aliphatic imine (C=N–C) groups is 1. The van der Waals surface area contributed by atoms with Crippen molar-refractivity contribution in [3.8, 4) is 0 Å². The third kappa shape index (κ3) is 10.3. The number of nitrogens with one attached hydrogen (secondary N) is 1. The summed E-state index contributed by atoms with van der Waals surface area (Å²) in [4.78, 5) is 14.2. The highest BCUT2D eigenvalue weighted by atomic mass is 32.2. The highest BCUT2D eigenvalue weighted by Gasteiger charge is 2.25. The number of sulfonamides is 1. The zero-order valence-corrected chi connectivity index (χ0v) is 21.3. The summed E-state index contributed by atoms with van der Waals surface area (Å²) in [5, 5.41) is 3.02. The molecule has 0 spiro atoms. The fourth-order valence-electron chi connectivity index (χ4n) is 4.17. The van der Waals surface area contributed by atoms with Crippen LogP contribution in [0.15, 0.2) is 59.9 Å². The van der Waals surface area contributed by atoms with E-state index in [0.29, 0.717) is 31.4 Å². The third-order valence-corrected chi connectivity index (χ3v) is 7.85. The number of aromatic nitrogens is 1. The molecule has 1 aliphatic rings. The lowest BCUT2D eigenvalue weighted by Crippen LogP contribution is -2.34. The molecule has 3 rings (SSSR count). The average molecular weight is 502 g/mol. The molecule has 1 aromatic heterocycles. The fourth-order valence-corrected chi connectivity index (χ4v) is 5.51. The van der Waals surface area contributed by atoms with Crippen LogP contribution >= 0.6 is 0 Å². The first kappa shape index (κ1) is 27.1. The summed E-state index contributed by atoms with van der Waals surface area (Å²) in [5.74, 6) is 0.892. The van der Waals surface area contributed by atoms with E-state index < -0.39 is 10.0 Å². The van der Waals surface area contributed by atoms with Gasteiger partial charge in [0.25, 0.3) is 0 Å². The van der Waals surface area contributed by atoms with E-state index >= 15 is 0 Å². The Labute approximate surface area is 210 Å². The number of guanidine groups is 1. The van der Waals surface area contributed by atoms with Crippen LogP contribution in [0.5, 0.6) is 0 Å². The first-order chi connectivity index (χ1) is 17.0. The minimum absolute atomic E-state index is 0.0828. The molecule has 192 valence electrons. The molecule has 0 bridgehead atoms. The van der Waals surface area contributed by atoms with Gasteiger partial charge >= 0.3 is 0 Å². The molecule has 1 heterocycles. The van der Waals surface area contributed by atoms with Gasteiger partial charge in [0.15, 0.2) is 5.96 Å². The van der Waals surface area contributed by atoms with E-state index in [4.69, 9.17) is 10.6 Å². The smallest absolute Gasteiger partial charge is 0.236 e. The van der Waals surface area contributed by atoms with Crippen molar-refractivity contribution < 1.29 is 13.3 Å². The Morgan fingerprint density at radius 2 is 1.74 bits per heavy atom. The van der Waals surface area contributed by atoms with Gasteiger partial charge in [-0.1, -0.05) is 66.9 Å². The zero-order chi connectivity index (χ0) is 24.8. The van der Waals surface area contributed by atoms with E-state index in [1.807, 2.05) is 42.5 Å². The summed E-state index contributed by atoms with van der Waals surface area (Å²) >= 11 is 0. The number of hydrogen-bond donors (Lipinski definition) is 2. The van der Waals surface area contributed by atoms with Crippen molar-refractivity contribution in [2.24, 2.45) is 16.6 Å². The monoisotopic (exact) mass is 501 g/mol. The predicted octanol–water partition coefficient (Wildman–Crippen LogP) is 4.71. The van der Waals surface area contributed by atoms with Gasteiger partial charge in [0.05, 0.1) is 18.9 Å². The van der Waals surface area contributed by atoms with Crippen LogP contribution in [-0.4, -0.2) is 42.7 Å². The summed E-state index contributed by atoms with van der Waals surface area (Å²) in [7, 11) is -3.51. The molecule has 1 aliphatic carbocycles. The van der Waals surface area contributed by atoms with Gasteiger partial charge in [0.2, 0.25) is 10.0 Å². The largest absolute Gasteiger partial charge is 0.370 e. The van der Waals surface area contributed by atoms with Gasteiger partial charge in [-0.05, 0) is 49.3 Å². The summed E-state index contributed by atoms with van der Waals surface area (Å²) < 4.78 is 27.4. The first-order valence-electron chi connectivity index (χ1n) is 12.7. The molecule has 0 atom stereocenters. The lowest BCUT2D eigenvalue weighted by Gasteiger charge is -2.26. The fraction of sp³-hybridized carbons (Fsp3) is 0.538. The van der Waals surface area contributed by atoms with Crippen LogP contribution in [0.4, 0.5) is 5.69 Å². The van der Waals surface area contributed by atoms with Gasteiger partial charge in [0.1, 0.15) is 0 Å². The molecule has 1 saturated carbocycles. The van der Waals surface area contributed by atoms with Gasteiger partial charge in [-0.2, -0.15) is 0 Å². The van der Waals surface area contributed by atoms with E-state index in [9.17, 15) is 8.42 Å². The van der Waals surface area contributed by atoms with Crippen molar-refractivity contribution in [1.29, 1.82) is 0 Å². The standard InChI is InChI=1S/C26H39N5O3S/c27-26(30-25-15-18-28-19-16-25)29-17-9-1-2-10-20-35(32,33)31(21-23-11-5-3-6-12-23)34-22-24-13-7-4-8-14-24/h3,5-6,11-12,15-16,18-19,24H,1-2,4,7-10,13-14,17,20-22H2,(H3,27,28,29,30). The molecule has 3 N–H and O–H groups in total. The summed E-state index contributed by atoms with van der Waals surface area (Å²) in [6, 6.07) is 13.3. The number of unbranched alkanes of at least 4 members (excludes halogenated alkanes) is 3.